The minimum absolute atomic E-state index is 0.0468. The number of ether oxygens (including phenoxy) is 3. The minimum atomic E-state index is -0.948. The summed E-state index contributed by atoms with van der Waals surface area (Å²) in [5, 5.41) is 19.3. The summed E-state index contributed by atoms with van der Waals surface area (Å²) in [6.07, 6.45) is 31.0. The third kappa shape index (κ3) is 16.5. The standard InChI is InChI=1S/C59H68O9/c1-39(18-14-20-41(3)22-30-50-43(5)56(64)52(66-11)37-58(50,7)8)16-12-13-17-40(2)19-15-21-42(4)23-31-51-44(6)57(65)53(38-59(51,9)10)68-55(63)33-32-54(62)67-49-28-26-45(27-29-49)24-25-46-34-47(60)36-48(61)35-46/h12-31,34-36,52-53,60-61H,32-33,37-38H2,1-11H3. The van der Waals surface area contributed by atoms with Gasteiger partial charge in [0, 0.05) is 19.6 Å². The Labute approximate surface area is 403 Å². The normalized spacial score (nSPS) is 19.9. The van der Waals surface area contributed by atoms with Crippen LogP contribution in [-0.4, -0.2) is 53.0 Å². The molecule has 2 unspecified atom stereocenters. The molecule has 0 fully saturated rings. The second kappa shape index (κ2) is 24.8. The zero-order chi connectivity index (χ0) is 50.2. The molecule has 2 atom stereocenters. The number of allylic oxidation sites excluding steroid dienone is 20. The van der Waals surface area contributed by atoms with Crippen molar-refractivity contribution in [2.45, 2.75) is 107 Å². The fourth-order valence-corrected chi connectivity index (χ4v) is 8.01. The van der Waals surface area contributed by atoms with Gasteiger partial charge in [-0.1, -0.05) is 159 Å². The number of carbonyl (C=O) groups is 4. The van der Waals surface area contributed by atoms with Crippen molar-refractivity contribution in [2.75, 3.05) is 7.11 Å². The van der Waals surface area contributed by atoms with Gasteiger partial charge in [0.15, 0.2) is 17.7 Å². The average molecular weight is 921 g/mol. The number of ketones is 2. The van der Waals surface area contributed by atoms with E-state index in [-0.39, 0.29) is 47.4 Å². The lowest BCUT2D eigenvalue weighted by atomic mass is 9.71. The van der Waals surface area contributed by atoms with Gasteiger partial charge in [0.25, 0.3) is 0 Å². The molecule has 68 heavy (non-hydrogen) atoms. The molecule has 2 aromatic carbocycles. The molecule has 0 aromatic heterocycles. The monoisotopic (exact) mass is 920 g/mol. The summed E-state index contributed by atoms with van der Waals surface area (Å²) in [6.45, 7) is 20.1. The van der Waals surface area contributed by atoms with E-state index in [0.29, 0.717) is 29.7 Å². The summed E-state index contributed by atoms with van der Waals surface area (Å²) in [5.41, 5.74) is 8.32. The summed E-state index contributed by atoms with van der Waals surface area (Å²) in [6, 6.07) is 11.0. The fraction of sp³-hybridized carbons (Fsp3) is 0.322. The zero-order valence-electron chi connectivity index (χ0n) is 41.5. The van der Waals surface area contributed by atoms with Crippen LogP contribution in [-0.2, 0) is 28.7 Å². The summed E-state index contributed by atoms with van der Waals surface area (Å²) in [5.74, 6) is -1.23. The molecule has 0 saturated heterocycles. The Bertz CT molecular complexity index is 2570. The maximum atomic E-state index is 13.4. The molecular weight excluding hydrogens is 853 g/mol. The second-order valence-corrected chi connectivity index (χ2v) is 18.8. The number of hydrogen-bond donors (Lipinski definition) is 2. The lowest BCUT2D eigenvalue weighted by Gasteiger charge is -2.36. The number of esters is 2. The predicted octanol–water partition coefficient (Wildman–Crippen LogP) is 13.1. The molecule has 4 rings (SSSR count). The molecule has 0 radical (unpaired) electrons. The average Bonchev–Trinajstić information content (AvgIpc) is 3.26. The van der Waals surface area contributed by atoms with E-state index >= 15 is 0 Å². The van der Waals surface area contributed by atoms with Crippen LogP contribution in [0.5, 0.6) is 17.2 Å². The fourth-order valence-electron chi connectivity index (χ4n) is 8.01. The molecule has 0 aliphatic heterocycles. The van der Waals surface area contributed by atoms with Crippen LogP contribution in [0.15, 0.2) is 172 Å². The maximum Gasteiger partial charge on any atom is 0.311 e. The molecule has 9 heteroatoms. The highest BCUT2D eigenvalue weighted by Gasteiger charge is 2.40. The molecule has 0 amide bonds. The van der Waals surface area contributed by atoms with E-state index in [1.165, 1.54) is 18.2 Å². The van der Waals surface area contributed by atoms with Gasteiger partial charge in [-0.3, -0.25) is 19.2 Å². The van der Waals surface area contributed by atoms with Crippen molar-refractivity contribution in [3.05, 3.63) is 183 Å². The van der Waals surface area contributed by atoms with Gasteiger partial charge in [0.2, 0.25) is 0 Å². The highest BCUT2D eigenvalue weighted by Crippen LogP contribution is 2.42. The van der Waals surface area contributed by atoms with Gasteiger partial charge in [-0.2, -0.15) is 0 Å². The summed E-state index contributed by atoms with van der Waals surface area (Å²) in [4.78, 5) is 51.4. The van der Waals surface area contributed by atoms with Gasteiger partial charge in [0.05, 0.1) is 12.8 Å². The first-order chi connectivity index (χ1) is 32.1. The molecule has 9 nitrogen and oxygen atoms in total. The molecular formula is C59H68O9. The summed E-state index contributed by atoms with van der Waals surface area (Å²) < 4.78 is 16.4. The number of benzene rings is 2. The van der Waals surface area contributed by atoms with E-state index in [4.69, 9.17) is 14.2 Å². The maximum absolute atomic E-state index is 13.4. The van der Waals surface area contributed by atoms with Gasteiger partial charge >= 0.3 is 11.9 Å². The number of Topliss-reactive ketones (excluding diaryl/α,β-unsaturated/α-hetero) is 2. The number of phenols is 2. The Morgan fingerprint density at radius 3 is 1.51 bits per heavy atom. The topological polar surface area (TPSA) is 136 Å². The van der Waals surface area contributed by atoms with Gasteiger partial charge in [-0.15, -0.1) is 0 Å². The number of carbonyl (C=O) groups excluding carboxylic acids is 4. The third-order valence-electron chi connectivity index (χ3n) is 11.9. The van der Waals surface area contributed by atoms with Crippen LogP contribution in [0.1, 0.15) is 106 Å². The van der Waals surface area contributed by atoms with Crippen LogP contribution < -0.4 is 4.74 Å². The number of phenolic OH excluding ortho intramolecular Hbond substituents is 2. The van der Waals surface area contributed by atoms with E-state index < -0.39 is 23.5 Å². The molecule has 2 N–H and O–H groups in total. The van der Waals surface area contributed by atoms with Crippen molar-refractivity contribution in [2.24, 2.45) is 10.8 Å². The van der Waals surface area contributed by atoms with E-state index in [1.807, 2.05) is 109 Å². The van der Waals surface area contributed by atoms with E-state index in [0.717, 1.165) is 44.6 Å². The van der Waals surface area contributed by atoms with Crippen LogP contribution in [0.3, 0.4) is 0 Å². The van der Waals surface area contributed by atoms with Crippen LogP contribution in [0.4, 0.5) is 0 Å². The molecule has 0 heterocycles. The van der Waals surface area contributed by atoms with Crippen LogP contribution in [0, 0.1) is 10.8 Å². The molecule has 0 saturated carbocycles. The zero-order valence-corrected chi connectivity index (χ0v) is 41.5. The van der Waals surface area contributed by atoms with Crippen molar-refractivity contribution in [1.29, 1.82) is 0 Å². The second-order valence-electron chi connectivity index (χ2n) is 18.8. The van der Waals surface area contributed by atoms with Gasteiger partial charge in [-0.25, -0.2) is 0 Å². The first-order valence-electron chi connectivity index (χ1n) is 22.9. The summed E-state index contributed by atoms with van der Waals surface area (Å²) >= 11 is 0. The quantitative estimate of drug-likeness (QED) is 0.0648. The molecule has 0 bridgehead atoms. The third-order valence-corrected chi connectivity index (χ3v) is 11.9. The Hall–Kier alpha value is -6.84. The highest BCUT2D eigenvalue weighted by atomic mass is 16.6. The van der Waals surface area contributed by atoms with Gasteiger partial charge in [0.1, 0.15) is 23.4 Å². The van der Waals surface area contributed by atoms with Crippen molar-refractivity contribution >= 4 is 35.7 Å². The lowest BCUT2D eigenvalue weighted by Crippen LogP contribution is -2.39. The molecule has 2 aromatic rings. The van der Waals surface area contributed by atoms with Crippen LogP contribution >= 0.6 is 0 Å². The number of methoxy groups -OCH3 is 1. The smallest absolute Gasteiger partial charge is 0.311 e. The van der Waals surface area contributed by atoms with Crippen molar-refractivity contribution < 1.29 is 43.6 Å². The first kappa shape index (κ1) is 53.8. The number of hydrogen-bond acceptors (Lipinski definition) is 9. The molecule has 2 aliphatic rings. The Morgan fingerprint density at radius 1 is 0.588 bits per heavy atom. The number of aromatic hydroxyl groups is 2. The Balaban J connectivity index is 1.23. The minimum Gasteiger partial charge on any atom is -0.508 e. The van der Waals surface area contributed by atoms with E-state index in [1.54, 1.807) is 50.5 Å². The van der Waals surface area contributed by atoms with Crippen molar-refractivity contribution in [3.63, 3.8) is 0 Å². The van der Waals surface area contributed by atoms with E-state index in [9.17, 15) is 29.4 Å². The van der Waals surface area contributed by atoms with Crippen LogP contribution in [0.2, 0.25) is 0 Å². The van der Waals surface area contributed by atoms with Crippen molar-refractivity contribution in [1.82, 2.24) is 0 Å². The first-order valence-corrected chi connectivity index (χ1v) is 22.9. The van der Waals surface area contributed by atoms with Crippen LogP contribution in [0.25, 0.3) is 12.2 Å². The van der Waals surface area contributed by atoms with Gasteiger partial charge in [-0.05, 0) is 116 Å². The Morgan fingerprint density at radius 2 is 1.01 bits per heavy atom. The molecule has 358 valence electrons. The highest BCUT2D eigenvalue weighted by molar-refractivity contribution is 6.02. The molecule has 0 spiro atoms. The SMILES string of the molecule is COC1CC(C)(C)C(C=CC(C)=CC=CC(C)=CC=CC=C(C)C=CC=C(C)C=CC2=C(C)C(=O)C(OC(=O)CCC(=O)Oc3ccc(C=Cc4cc(O)cc(O)c4)cc3)CC2(C)C)=C(C)C1=O. The van der Waals surface area contributed by atoms with Gasteiger partial charge < -0.3 is 24.4 Å². The van der Waals surface area contributed by atoms with Crippen molar-refractivity contribution in [3.8, 4) is 17.2 Å². The van der Waals surface area contributed by atoms with E-state index in [2.05, 4.69) is 38.2 Å². The molecule has 2 aliphatic carbocycles. The number of rotatable bonds is 18. The predicted molar refractivity (Wildman–Crippen MR) is 274 cm³/mol. The lowest BCUT2D eigenvalue weighted by molar-refractivity contribution is -0.157. The summed E-state index contributed by atoms with van der Waals surface area (Å²) in [7, 11) is 1.60. The Kier molecular flexibility index (Phi) is 19.6. The largest absolute Gasteiger partial charge is 0.508 e.